The molecule has 30 heavy (non-hydrogen) atoms. The number of nitrogens with one attached hydrogen (secondary N) is 1. The topological polar surface area (TPSA) is 81.8 Å². The molecule has 0 saturated carbocycles. The molecule has 2 aromatic carbocycles. The van der Waals surface area contributed by atoms with Gasteiger partial charge in [0, 0.05) is 18.1 Å². The fourth-order valence-corrected chi connectivity index (χ4v) is 3.28. The number of aromatic nitrogens is 4. The largest absolute Gasteiger partial charge is 0.319 e. The monoisotopic (exact) mass is 403 g/mol. The van der Waals surface area contributed by atoms with Crippen LogP contribution in [0, 0.1) is 19.7 Å². The third-order valence-corrected chi connectivity index (χ3v) is 4.68. The maximum Gasteiger partial charge on any atom is 0.296 e. The van der Waals surface area contributed by atoms with Crippen LogP contribution in [0.1, 0.15) is 21.7 Å². The Labute approximate surface area is 171 Å². The minimum atomic E-state index is -0.861. The smallest absolute Gasteiger partial charge is 0.296 e. The van der Waals surface area contributed by atoms with Crippen molar-refractivity contribution in [3.8, 4) is 11.4 Å². The molecule has 0 aliphatic rings. The third kappa shape index (κ3) is 3.50. The second kappa shape index (κ2) is 7.75. The molecule has 0 aliphatic heterocycles. The van der Waals surface area contributed by atoms with Crippen LogP contribution in [0.25, 0.3) is 11.4 Å². The van der Waals surface area contributed by atoms with Gasteiger partial charge < -0.3 is 5.32 Å². The van der Waals surface area contributed by atoms with E-state index in [-0.39, 0.29) is 16.9 Å². The zero-order valence-corrected chi connectivity index (χ0v) is 16.3. The van der Waals surface area contributed by atoms with Gasteiger partial charge >= 0.3 is 0 Å². The molecular weight excluding hydrogens is 385 g/mol. The van der Waals surface area contributed by atoms with Crippen LogP contribution in [0.4, 0.5) is 10.1 Å². The molecule has 7 nitrogen and oxygen atoms in total. The van der Waals surface area contributed by atoms with Gasteiger partial charge in [0.2, 0.25) is 0 Å². The molecule has 0 saturated heterocycles. The van der Waals surface area contributed by atoms with Gasteiger partial charge in [-0.15, -0.1) is 0 Å². The summed E-state index contributed by atoms with van der Waals surface area (Å²) in [6.07, 6.45) is 3.14. The normalized spacial score (nSPS) is 10.8. The Kier molecular flexibility index (Phi) is 4.97. The number of para-hydroxylation sites is 1. The number of ketones is 1. The van der Waals surface area contributed by atoms with Gasteiger partial charge in [-0.3, -0.25) is 9.59 Å². The number of Topliss-reactive ketones (excluding diaryl/α,β-unsaturated/α-hetero) is 1. The van der Waals surface area contributed by atoms with Crippen LogP contribution in [0.2, 0.25) is 0 Å². The Bertz CT molecular complexity index is 1230. The highest BCUT2D eigenvalue weighted by atomic mass is 19.1. The van der Waals surface area contributed by atoms with E-state index in [4.69, 9.17) is 0 Å². The van der Waals surface area contributed by atoms with Crippen LogP contribution in [0.5, 0.6) is 0 Å². The second-order valence-corrected chi connectivity index (χ2v) is 6.69. The zero-order chi connectivity index (χ0) is 21.3. The van der Waals surface area contributed by atoms with Crippen molar-refractivity contribution in [1.29, 1.82) is 0 Å². The fraction of sp³-hybridized carbons (Fsp3) is 0.0909. The van der Waals surface area contributed by atoms with Crippen molar-refractivity contribution in [2.75, 3.05) is 5.32 Å². The summed E-state index contributed by atoms with van der Waals surface area (Å²) < 4.78 is 17.4. The summed E-state index contributed by atoms with van der Waals surface area (Å²) in [4.78, 5) is 25.4. The Hall–Kier alpha value is -4.07. The van der Waals surface area contributed by atoms with Crippen molar-refractivity contribution >= 4 is 17.4 Å². The van der Waals surface area contributed by atoms with Crippen LogP contribution in [0.3, 0.4) is 0 Å². The summed E-state index contributed by atoms with van der Waals surface area (Å²) in [6.45, 7) is 3.40. The zero-order valence-electron chi connectivity index (χ0n) is 16.3. The van der Waals surface area contributed by atoms with Crippen molar-refractivity contribution in [1.82, 2.24) is 19.6 Å². The number of hydrogen-bond donors (Lipinski definition) is 1. The van der Waals surface area contributed by atoms with Gasteiger partial charge in [-0.25, -0.2) is 13.8 Å². The van der Waals surface area contributed by atoms with E-state index in [0.29, 0.717) is 11.4 Å². The predicted octanol–water partition coefficient (Wildman–Crippen LogP) is 3.64. The Morgan fingerprint density at radius 2 is 1.80 bits per heavy atom. The number of rotatable bonds is 5. The van der Waals surface area contributed by atoms with Crippen LogP contribution in [0.15, 0.2) is 67.0 Å². The molecular formula is C22H18FN5O2. The lowest BCUT2D eigenvalue weighted by Gasteiger charge is -2.08. The Morgan fingerprint density at radius 3 is 2.47 bits per heavy atom. The number of nitrogens with zero attached hydrogens (tertiary/aromatic N) is 4. The second-order valence-electron chi connectivity index (χ2n) is 6.69. The maximum absolute atomic E-state index is 14.4. The van der Waals surface area contributed by atoms with Gasteiger partial charge in [0.05, 0.1) is 22.6 Å². The number of benzene rings is 2. The van der Waals surface area contributed by atoms with Crippen LogP contribution < -0.4 is 5.32 Å². The first-order chi connectivity index (χ1) is 14.5. The molecule has 2 aromatic heterocycles. The lowest BCUT2D eigenvalue weighted by atomic mass is 10.1. The summed E-state index contributed by atoms with van der Waals surface area (Å²) in [5, 5.41) is 10.8. The SMILES string of the molecule is Cc1nn(-c2ccccc2)c(C)c1C(=O)C(=O)Nc1ccc(-n2cccn2)c(F)c1. The van der Waals surface area contributed by atoms with E-state index in [9.17, 15) is 14.0 Å². The summed E-state index contributed by atoms with van der Waals surface area (Å²) >= 11 is 0. The number of amides is 1. The number of anilines is 1. The highest BCUT2D eigenvalue weighted by molar-refractivity contribution is 6.47. The lowest BCUT2D eigenvalue weighted by Crippen LogP contribution is -2.24. The van der Waals surface area contributed by atoms with Crippen molar-refractivity contribution in [3.63, 3.8) is 0 Å². The average Bonchev–Trinajstić information content (AvgIpc) is 3.36. The van der Waals surface area contributed by atoms with Crippen molar-refractivity contribution < 1.29 is 14.0 Å². The Balaban J connectivity index is 1.57. The van der Waals surface area contributed by atoms with E-state index < -0.39 is 17.5 Å². The van der Waals surface area contributed by atoms with Gasteiger partial charge in [0.25, 0.3) is 11.7 Å². The molecule has 0 unspecified atom stereocenters. The van der Waals surface area contributed by atoms with Crippen LogP contribution >= 0.6 is 0 Å². The maximum atomic E-state index is 14.4. The first-order valence-electron chi connectivity index (χ1n) is 9.22. The lowest BCUT2D eigenvalue weighted by molar-refractivity contribution is -0.112. The van der Waals surface area contributed by atoms with E-state index >= 15 is 0 Å². The molecule has 8 heteroatoms. The number of carbonyl (C=O) groups excluding carboxylic acids is 2. The number of halogens is 1. The molecule has 0 bridgehead atoms. The first kappa shape index (κ1) is 19.3. The summed E-state index contributed by atoms with van der Waals surface area (Å²) in [5.41, 5.74) is 2.42. The molecule has 0 spiro atoms. The standard InChI is InChI=1S/C22H18FN5O2/c1-14-20(15(2)28(26-14)17-7-4-3-5-8-17)21(29)22(30)25-16-9-10-19(18(23)13-16)27-12-6-11-24-27/h3-13H,1-2H3,(H,25,30). The van der Waals surface area contributed by atoms with Gasteiger partial charge in [-0.05, 0) is 50.2 Å². The highest BCUT2D eigenvalue weighted by Crippen LogP contribution is 2.21. The van der Waals surface area contributed by atoms with Gasteiger partial charge in [-0.1, -0.05) is 18.2 Å². The fourth-order valence-electron chi connectivity index (χ4n) is 3.28. The van der Waals surface area contributed by atoms with Crippen molar-refractivity contribution in [2.24, 2.45) is 0 Å². The van der Waals surface area contributed by atoms with E-state index in [1.807, 2.05) is 30.3 Å². The van der Waals surface area contributed by atoms with Crippen LogP contribution in [-0.2, 0) is 4.79 Å². The minimum absolute atomic E-state index is 0.174. The quantitative estimate of drug-likeness (QED) is 0.408. The van der Waals surface area contributed by atoms with Gasteiger partial charge in [0.15, 0.2) is 5.82 Å². The van der Waals surface area contributed by atoms with Crippen molar-refractivity contribution in [2.45, 2.75) is 13.8 Å². The van der Waals surface area contributed by atoms with Crippen LogP contribution in [-0.4, -0.2) is 31.3 Å². The van der Waals surface area contributed by atoms with Crippen molar-refractivity contribution in [3.05, 3.63) is 89.8 Å². The van der Waals surface area contributed by atoms with Gasteiger partial charge in [-0.2, -0.15) is 10.2 Å². The summed E-state index contributed by atoms with van der Waals surface area (Å²) in [5.74, 6) is -2.17. The highest BCUT2D eigenvalue weighted by Gasteiger charge is 2.25. The first-order valence-corrected chi connectivity index (χ1v) is 9.22. The van der Waals surface area contributed by atoms with E-state index in [1.54, 1.807) is 30.8 Å². The average molecular weight is 403 g/mol. The van der Waals surface area contributed by atoms with Gasteiger partial charge in [0.1, 0.15) is 5.69 Å². The minimum Gasteiger partial charge on any atom is -0.319 e. The molecule has 2 heterocycles. The molecule has 4 aromatic rings. The molecule has 4 rings (SSSR count). The molecule has 0 atom stereocenters. The molecule has 1 amide bonds. The van der Waals surface area contributed by atoms with E-state index in [0.717, 1.165) is 11.8 Å². The van der Waals surface area contributed by atoms with E-state index in [2.05, 4.69) is 15.5 Å². The van der Waals surface area contributed by atoms with E-state index in [1.165, 1.54) is 23.0 Å². The summed E-state index contributed by atoms with van der Waals surface area (Å²) in [6, 6.07) is 15.1. The summed E-state index contributed by atoms with van der Waals surface area (Å²) in [7, 11) is 0. The molecule has 1 N–H and O–H groups in total. The predicted molar refractivity (Wildman–Crippen MR) is 110 cm³/mol. The molecule has 0 aliphatic carbocycles. The number of carbonyl (C=O) groups is 2. The molecule has 0 fully saturated rings. The molecule has 0 radical (unpaired) electrons. The number of hydrogen-bond acceptors (Lipinski definition) is 4. The Morgan fingerprint density at radius 1 is 1.03 bits per heavy atom. The molecule has 150 valence electrons. The third-order valence-electron chi connectivity index (χ3n) is 4.68. The number of aryl methyl sites for hydroxylation is 1.